The van der Waals surface area contributed by atoms with Gasteiger partial charge in [-0.2, -0.15) is 0 Å². The van der Waals surface area contributed by atoms with Crippen LogP contribution in [0.15, 0.2) is 48.5 Å². The number of rotatable bonds is 6. The standard InChI is InChI=1S/C23H28FIN4O3/c1-23(2,24)16-27-10-12-28(13-11-27)22(31)29(20-5-3-4-19(25)14-20)15-17-6-8-18(9-7-17)21(30)26-32/h3-9,14,32H,10-13,15-16H2,1-2H3,(H,26,30). The van der Waals surface area contributed by atoms with Crippen molar-refractivity contribution < 1.29 is 19.2 Å². The third kappa shape index (κ3) is 6.63. The molecule has 0 saturated carbocycles. The van der Waals surface area contributed by atoms with Gasteiger partial charge in [0.15, 0.2) is 0 Å². The van der Waals surface area contributed by atoms with Crippen molar-refractivity contribution in [2.45, 2.75) is 26.1 Å². The lowest BCUT2D eigenvalue weighted by atomic mass is 10.1. The van der Waals surface area contributed by atoms with Gasteiger partial charge in [0.2, 0.25) is 0 Å². The Kier molecular flexibility index (Phi) is 8.07. The molecule has 0 aromatic heterocycles. The Hall–Kier alpha value is -2.24. The molecule has 1 aliphatic heterocycles. The summed E-state index contributed by atoms with van der Waals surface area (Å²) < 4.78 is 15.0. The summed E-state index contributed by atoms with van der Waals surface area (Å²) in [6.07, 6.45) is 0. The van der Waals surface area contributed by atoms with E-state index in [0.29, 0.717) is 44.8 Å². The largest absolute Gasteiger partial charge is 0.324 e. The van der Waals surface area contributed by atoms with E-state index < -0.39 is 11.6 Å². The summed E-state index contributed by atoms with van der Waals surface area (Å²) in [4.78, 5) is 30.6. The Labute approximate surface area is 201 Å². The summed E-state index contributed by atoms with van der Waals surface area (Å²) in [5, 5.41) is 8.79. The van der Waals surface area contributed by atoms with Crippen LogP contribution < -0.4 is 10.4 Å². The fraction of sp³-hybridized carbons (Fsp3) is 0.391. The van der Waals surface area contributed by atoms with Crippen molar-refractivity contribution in [1.29, 1.82) is 0 Å². The number of carbonyl (C=O) groups excluding carboxylic acids is 2. The van der Waals surface area contributed by atoms with E-state index in [2.05, 4.69) is 22.6 Å². The minimum Gasteiger partial charge on any atom is -0.322 e. The number of hydrogen-bond acceptors (Lipinski definition) is 4. The molecule has 32 heavy (non-hydrogen) atoms. The third-order valence-electron chi connectivity index (χ3n) is 5.25. The number of benzene rings is 2. The number of anilines is 1. The maximum absolute atomic E-state index is 14.0. The topological polar surface area (TPSA) is 76.1 Å². The van der Waals surface area contributed by atoms with E-state index in [1.807, 2.05) is 29.2 Å². The summed E-state index contributed by atoms with van der Waals surface area (Å²) in [6, 6.07) is 14.4. The molecule has 0 spiro atoms. The van der Waals surface area contributed by atoms with E-state index in [1.165, 1.54) is 0 Å². The second-order valence-electron chi connectivity index (χ2n) is 8.47. The van der Waals surface area contributed by atoms with Gasteiger partial charge in [-0.3, -0.25) is 19.8 Å². The highest BCUT2D eigenvalue weighted by Gasteiger charge is 2.29. The lowest BCUT2D eigenvalue weighted by molar-refractivity contribution is 0.0706. The molecule has 0 unspecified atom stereocenters. The van der Waals surface area contributed by atoms with Gasteiger partial charge >= 0.3 is 6.03 Å². The van der Waals surface area contributed by atoms with Crippen LogP contribution in [0, 0.1) is 3.57 Å². The molecule has 2 aromatic carbocycles. The highest BCUT2D eigenvalue weighted by molar-refractivity contribution is 14.1. The molecule has 2 aromatic rings. The van der Waals surface area contributed by atoms with Crippen LogP contribution in [0.4, 0.5) is 14.9 Å². The number of hydrogen-bond donors (Lipinski definition) is 2. The summed E-state index contributed by atoms with van der Waals surface area (Å²) in [7, 11) is 0. The maximum Gasteiger partial charge on any atom is 0.324 e. The Balaban J connectivity index is 1.76. The fourth-order valence-corrected chi connectivity index (χ4v) is 4.25. The number of urea groups is 1. The molecule has 1 fully saturated rings. The van der Waals surface area contributed by atoms with Crippen LogP contribution in [0.2, 0.25) is 0 Å². The molecule has 0 aliphatic carbocycles. The zero-order chi connectivity index (χ0) is 23.3. The SMILES string of the molecule is CC(C)(F)CN1CCN(C(=O)N(Cc2ccc(C(=O)NO)cc2)c2cccc(I)c2)CC1. The average Bonchev–Trinajstić information content (AvgIpc) is 2.76. The van der Waals surface area contributed by atoms with Gasteiger partial charge in [-0.25, -0.2) is 14.7 Å². The van der Waals surface area contributed by atoms with Crippen molar-refractivity contribution in [3.63, 3.8) is 0 Å². The normalized spacial score (nSPS) is 14.8. The number of hydroxylamine groups is 1. The monoisotopic (exact) mass is 554 g/mol. The van der Waals surface area contributed by atoms with Gasteiger partial charge in [0, 0.05) is 47.5 Å². The fourth-order valence-electron chi connectivity index (χ4n) is 3.72. The van der Waals surface area contributed by atoms with Crippen molar-refractivity contribution in [3.8, 4) is 0 Å². The number of carbonyl (C=O) groups is 2. The quantitative estimate of drug-likeness (QED) is 0.323. The zero-order valence-corrected chi connectivity index (χ0v) is 20.4. The highest BCUT2D eigenvalue weighted by atomic mass is 127. The molecule has 1 saturated heterocycles. The van der Waals surface area contributed by atoms with Crippen LogP contribution in [0.25, 0.3) is 0 Å². The molecular weight excluding hydrogens is 526 g/mol. The molecule has 3 rings (SSSR count). The van der Waals surface area contributed by atoms with Gasteiger partial charge < -0.3 is 4.90 Å². The van der Waals surface area contributed by atoms with Crippen molar-refractivity contribution in [2.75, 3.05) is 37.6 Å². The molecule has 1 heterocycles. The molecule has 172 valence electrons. The molecule has 0 radical (unpaired) electrons. The molecule has 1 aliphatic rings. The van der Waals surface area contributed by atoms with Gasteiger partial charge in [0.05, 0.1) is 6.54 Å². The Bertz CT molecular complexity index is 941. The number of amides is 3. The summed E-state index contributed by atoms with van der Waals surface area (Å²) >= 11 is 2.22. The molecular formula is C23H28FIN4O3. The molecule has 9 heteroatoms. The second kappa shape index (κ2) is 10.6. The average molecular weight is 554 g/mol. The van der Waals surface area contributed by atoms with Crippen LogP contribution in [0.1, 0.15) is 29.8 Å². The first-order valence-electron chi connectivity index (χ1n) is 10.4. The molecule has 2 N–H and O–H groups in total. The maximum atomic E-state index is 14.0. The van der Waals surface area contributed by atoms with Crippen molar-refractivity contribution in [3.05, 3.63) is 63.2 Å². The summed E-state index contributed by atoms with van der Waals surface area (Å²) in [5.74, 6) is -0.587. The minimum absolute atomic E-state index is 0.108. The minimum atomic E-state index is -1.27. The Morgan fingerprint density at radius 3 is 2.34 bits per heavy atom. The number of alkyl halides is 1. The Morgan fingerprint density at radius 2 is 1.78 bits per heavy atom. The molecule has 7 nitrogen and oxygen atoms in total. The van der Waals surface area contributed by atoms with E-state index >= 15 is 0 Å². The molecule has 3 amide bonds. The first-order chi connectivity index (χ1) is 15.2. The van der Waals surface area contributed by atoms with Crippen LogP contribution in [0.5, 0.6) is 0 Å². The third-order valence-corrected chi connectivity index (χ3v) is 5.92. The van der Waals surface area contributed by atoms with Gasteiger partial charge in [0.1, 0.15) is 5.67 Å². The van der Waals surface area contributed by atoms with Gasteiger partial charge in [-0.15, -0.1) is 0 Å². The first kappa shape index (κ1) is 24.4. The number of nitrogens with zero attached hydrogens (tertiary/aromatic N) is 3. The lowest BCUT2D eigenvalue weighted by Gasteiger charge is -2.39. The zero-order valence-electron chi connectivity index (χ0n) is 18.2. The van der Waals surface area contributed by atoms with Crippen LogP contribution in [-0.4, -0.2) is 65.3 Å². The number of nitrogens with one attached hydrogen (secondary N) is 1. The van der Waals surface area contributed by atoms with E-state index in [9.17, 15) is 14.0 Å². The van der Waals surface area contributed by atoms with Gasteiger partial charge in [0.25, 0.3) is 5.91 Å². The Morgan fingerprint density at radius 1 is 1.12 bits per heavy atom. The number of halogens is 2. The summed E-state index contributed by atoms with van der Waals surface area (Å²) in [5.41, 5.74) is 2.31. The smallest absolute Gasteiger partial charge is 0.322 e. The molecule has 0 bridgehead atoms. The van der Waals surface area contributed by atoms with E-state index in [0.717, 1.165) is 14.8 Å². The van der Waals surface area contributed by atoms with Gasteiger partial charge in [-0.1, -0.05) is 18.2 Å². The highest BCUT2D eigenvalue weighted by Crippen LogP contribution is 2.23. The van der Waals surface area contributed by atoms with E-state index in [-0.39, 0.29) is 6.03 Å². The van der Waals surface area contributed by atoms with Crippen LogP contribution in [0.3, 0.4) is 0 Å². The van der Waals surface area contributed by atoms with Crippen molar-refractivity contribution >= 4 is 40.2 Å². The predicted molar refractivity (Wildman–Crippen MR) is 130 cm³/mol. The summed E-state index contributed by atoms with van der Waals surface area (Å²) in [6.45, 7) is 6.14. The van der Waals surface area contributed by atoms with Crippen molar-refractivity contribution in [2.24, 2.45) is 0 Å². The lowest BCUT2D eigenvalue weighted by Crippen LogP contribution is -2.54. The number of piperazine rings is 1. The van der Waals surface area contributed by atoms with Gasteiger partial charge in [-0.05, 0) is 72.3 Å². The second-order valence-corrected chi connectivity index (χ2v) is 9.71. The van der Waals surface area contributed by atoms with Crippen LogP contribution in [-0.2, 0) is 6.54 Å². The first-order valence-corrected chi connectivity index (χ1v) is 11.5. The van der Waals surface area contributed by atoms with Crippen molar-refractivity contribution in [1.82, 2.24) is 15.3 Å². The molecule has 0 atom stereocenters. The van der Waals surface area contributed by atoms with E-state index in [4.69, 9.17) is 5.21 Å². The van der Waals surface area contributed by atoms with E-state index in [1.54, 1.807) is 53.4 Å². The van der Waals surface area contributed by atoms with Crippen LogP contribution >= 0.6 is 22.6 Å². The predicted octanol–water partition coefficient (Wildman–Crippen LogP) is 3.90.